The minimum absolute atomic E-state index is 0. The van der Waals surface area contributed by atoms with Crippen molar-refractivity contribution in [2.75, 3.05) is 22.8 Å². The predicted molar refractivity (Wildman–Crippen MR) is 120 cm³/mol. The number of rotatable bonds is 5. The summed E-state index contributed by atoms with van der Waals surface area (Å²) >= 11 is 0. The molecule has 2 aromatic rings. The fourth-order valence-corrected chi connectivity index (χ4v) is 6.39. The summed E-state index contributed by atoms with van der Waals surface area (Å²) in [5.41, 5.74) is 5.84. The number of aryl methyl sites for hydroxylation is 2. The van der Waals surface area contributed by atoms with Crippen molar-refractivity contribution < 1.29 is 47.5 Å². The van der Waals surface area contributed by atoms with Gasteiger partial charge in [0.25, 0.3) is 10.2 Å². The van der Waals surface area contributed by atoms with Crippen molar-refractivity contribution in [3.8, 4) is 0 Å². The number of carbonyl (C=O) groups is 1. The average Bonchev–Trinajstić information content (AvgIpc) is 3.44. The summed E-state index contributed by atoms with van der Waals surface area (Å²) < 4.78 is 36.8. The molecule has 1 N–H and O–H groups in total. The molecular formula is C22H26N5NaO4S. The third kappa shape index (κ3) is 5.05. The Hall–Kier alpha value is -1.72. The molecule has 1 aromatic carbocycles. The third-order valence-electron chi connectivity index (χ3n) is 6.48. The van der Waals surface area contributed by atoms with Gasteiger partial charge in [0.2, 0.25) is 0 Å². The van der Waals surface area contributed by atoms with Gasteiger partial charge >= 0.3 is 29.6 Å². The molecule has 1 aliphatic heterocycles. The number of ether oxygens (including phenoxy) is 1. The van der Waals surface area contributed by atoms with Crippen LogP contribution in [0.1, 0.15) is 47.9 Å². The van der Waals surface area contributed by atoms with Crippen molar-refractivity contribution in [1.82, 2.24) is 9.97 Å². The zero-order valence-electron chi connectivity index (χ0n) is 18.8. The monoisotopic (exact) mass is 479 g/mol. The summed E-state index contributed by atoms with van der Waals surface area (Å²) in [4.78, 5) is 20.8. The predicted octanol–water partition coefficient (Wildman–Crippen LogP) is 0.294. The van der Waals surface area contributed by atoms with Crippen molar-refractivity contribution in [2.24, 2.45) is 0 Å². The quantitative estimate of drug-likeness (QED) is 0.617. The summed E-state index contributed by atoms with van der Waals surface area (Å²) in [5, 5.41) is 2.84. The smallest absolute Gasteiger partial charge is 0.423 e. The Morgan fingerprint density at radius 2 is 1.64 bits per heavy atom. The number of amides is 2. The summed E-state index contributed by atoms with van der Waals surface area (Å²) in [6.45, 7) is 0.887. The number of aromatic nitrogens is 2. The molecule has 2 heterocycles. The minimum Gasteiger partial charge on any atom is -0.423 e. The van der Waals surface area contributed by atoms with E-state index in [1.54, 1.807) is 0 Å². The molecule has 1 fully saturated rings. The maximum absolute atomic E-state index is 13.3. The van der Waals surface area contributed by atoms with Crippen LogP contribution >= 0.6 is 0 Å². The fourth-order valence-electron chi connectivity index (χ4n) is 5.10. The number of hydrogen-bond acceptors (Lipinski definition) is 6. The van der Waals surface area contributed by atoms with E-state index in [4.69, 9.17) is 4.74 Å². The van der Waals surface area contributed by atoms with Gasteiger partial charge in [-0.2, -0.15) is 0 Å². The maximum Gasteiger partial charge on any atom is 1.00 e. The molecule has 2 amide bonds. The van der Waals surface area contributed by atoms with Crippen LogP contribution in [0.15, 0.2) is 24.8 Å². The third-order valence-corrected chi connectivity index (χ3v) is 7.88. The Bertz CT molecular complexity index is 1090. The van der Waals surface area contributed by atoms with E-state index in [9.17, 15) is 13.2 Å². The molecule has 11 heteroatoms. The van der Waals surface area contributed by atoms with Crippen LogP contribution < -0.4 is 39.2 Å². The summed E-state index contributed by atoms with van der Waals surface area (Å²) in [6, 6.07) is 1.02. The second-order valence-electron chi connectivity index (χ2n) is 8.47. The molecular weight excluding hydrogens is 453 g/mol. The van der Waals surface area contributed by atoms with Crippen molar-refractivity contribution in [3.63, 3.8) is 0 Å². The number of nitrogens with one attached hydrogen (secondary N) is 1. The summed E-state index contributed by atoms with van der Waals surface area (Å²) in [6.07, 6.45) is 11.0. The van der Waals surface area contributed by atoms with E-state index in [0.29, 0.717) is 26.1 Å². The number of fused-ring (bicyclic) bond motifs is 2. The number of carbonyl (C=O) groups excluding carboxylic acids is 1. The second kappa shape index (κ2) is 10.3. The molecule has 170 valence electrons. The van der Waals surface area contributed by atoms with E-state index in [1.807, 2.05) is 0 Å². The van der Waals surface area contributed by atoms with E-state index in [0.717, 1.165) is 59.6 Å². The zero-order valence-corrected chi connectivity index (χ0v) is 21.6. The van der Waals surface area contributed by atoms with Crippen LogP contribution in [-0.4, -0.2) is 43.7 Å². The number of anilines is 2. The van der Waals surface area contributed by atoms with Gasteiger partial charge in [-0.3, -0.25) is 9.10 Å². The van der Waals surface area contributed by atoms with Gasteiger partial charge < -0.3 is 14.8 Å². The Morgan fingerprint density at radius 3 is 2.24 bits per heavy atom. The first-order valence-electron chi connectivity index (χ1n) is 11.1. The van der Waals surface area contributed by atoms with Crippen LogP contribution in [0.5, 0.6) is 0 Å². The Morgan fingerprint density at radius 1 is 1.03 bits per heavy atom. The molecule has 0 spiro atoms. The van der Waals surface area contributed by atoms with Gasteiger partial charge in [0.1, 0.15) is 6.33 Å². The Balaban J connectivity index is 0.00000259. The van der Waals surface area contributed by atoms with Gasteiger partial charge in [-0.1, -0.05) is 6.07 Å². The van der Waals surface area contributed by atoms with Gasteiger partial charge in [0.15, 0.2) is 6.03 Å². The topological polar surface area (TPSA) is 116 Å². The number of nitrogens with zero attached hydrogens (tertiary/aromatic N) is 4. The maximum atomic E-state index is 13.3. The molecule has 0 saturated carbocycles. The van der Waals surface area contributed by atoms with Gasteiger partial charge in [0.05, 0.1) is 18.1 Å². The average molecular weight is 480 g/mol. The van der Waals surface area contributed by atoms with E-state index in [1.165, 1.54) is 29.8 Å². The van der Waals surface area contributed by atoms with E-state index in [-0.39, 0.29) is 41.3 Å². The number of hydrogen-bond donors (Lipinski definition) is 1. The largest absolute Gasteiger partial charge is 1.00 e. The summed E-state index contributed by atoms with van der Waals surface area (Å²) in [7, 11) is -4.31. The van der Waals surface area contributed by atoms with Crippen LogP contribution in [0.3, 0.4) is 0 Å². The molecule has 33 heavy (non-hydrogen) atoms. The molecule has 0 unspecified atom stereocenters. The summed E-state index contributed by atoms with van der Waals surface area (Å²) in [5.74, 6) is 0. The molecule has 9 nitrogen and oxygen atoms in total. The zero-order chi connectivity index (χ0) is 22.1. The molecule has 0 radical (unpaired) electrons. The van der Waals surface area contributed by atoms with Crippen LogP contribution in [-0.2, 0) is 40.6 Å². The minimum atomic E-state index is -4.31. The van der Waals surface area contributed by atoms with Gasteiger partial charge in [0, 0.05) is 19.3 Å². The van der Waals surface area contributed by atoms with E-state index >= 15 is 0 Å². The van der Waals surface area contributed by atoms with Crippen LogP contribution in [0.25, 0.3) is 4.72 Å². The van der Waals surface area contributed by atoms with Gasteiger partial charge in [-0.25, -0.2) is 18.4 Å². The molecule has 0 bridgehead atoms. The van der Waals surface area contributed by atoms with Gasteiger partial charge in [-0.15, -0.1) is 0 Å². The molecule has 0 atom stereocenters. The van der Waals surface area contributed by atoms with Crippen LogP contribution in [0.2, 0.25) is 0 Å². The van der Waals surface area contributed by atoms with Crippen LogP contribution in [0.4, 0.5) is 16.2 Å². The first-order valence-corrected chi connectivity index (χ1v) is 12.5. The molecule has 1 aromatic heterocycles. The second-order valence-corrected chi connectivity index (χ2v) is 9.94. The number of benzene rings is 1. The Labute approximate surface area is 216 Å². The normalized spacial score (nSPS) is 17.6. The van der Waals surface area contributed by atoms with Crippen molar-refractivity contribution in [3.05, 3.63) is 51.8 Å². The van der Waals surface area contributed by atoms with E-state index in [2.05, 4.69) is 26.1 Å². The molecule has 2 aliphatic carbocycles. The first kappa shape index (κ1) is 24.4. The number of urea groups is 1. The van der Waals surface area contributed by atoms with E-state index < -0.39 is 16.2 Å². The molecule has 3 aliphatic rings. The van der Waals surface area contributed by atoms with Crippen molar-refractivity contribution in [2.45, 2.75) is 57.4 Å². The molecule has 5 rings (SSSR count). The Kier molecular flexibility index (Phi) is 7.59. The SMILES string of the molecule is O=C([N-]S(=O)(=O)N(c1cncnc1)C1CCOCC1)Nc1c2c(cc3c1CCC3)CCC2.[Na+]. The first-order chi connectivity index (χ1) is 15.5. The van der Waals surface area contributed by atoms with Gasteiger partial charge in [-0.05, 0) is 79.3 Å². The molecule has 1 saturated heterocycles. The van der Waals surface area contributed by atoms with Crippen molar-refractivity contribution >= 4 is 27.6 Å². The fraction of sp³-hybridized carbons (Fsp3) is 0.500. The standard InChI is InChI=1S/C22H27N5O4S.Na/c28-22(25-21-19-5-1-3-15(19)11-16-4-2-6-20(16)21)26-32(29,30)27(17-7-9-31-10-8-17)18-12-23-14-24-13-18;/h11-14,17H,1-10H2,(H2,25,26,28);/q;+1/p-1. The van der Waals surface area contributed by atoms with Crippen molar-refractivity contribution in [1.29, 1.82) is 0 Å². The van der Waals surface area contributed by atoms with Crippen LogP contribution in [0, 0.1) is 0 Å².